The second-order valence-electron chi connectivity index (χ2n) is 4.08. The number of nitrogens with zero attached hydrogens (tertiary/aromatic N) is 1. The van der Waals surface area contributed by atoms with Gasteiger partial charge in [-0.25, -0.2) is 4.39 Å². The van der Waals surface area contributed by atoms with Gasteiger partial charge >= 0.3 is 0 Å². The maximum atomic E-state index is 13.5. The highest BCUT2D eigenvalue weighted by atomic mass is 79.9. The Hall–Kier alpha value is -1.51. The van der Waals surface area contributed by atoms with Crippen LogP contribution in [0.15, 0.2) is 51.4 Å². The van der Waals surface area contributed by atoms with Crippen LogP contribution in [-0.2, 0) is 0 Å². The number of benzene rings is 2. The van der Waals surface area contributed by atoms with E-state index in [1.807, 2.05) is 6.07 Å². The Balaban J connectivity index is 2.42. The van der Waals surface area contributed by atoms with Crippen LogP contribution in [0, 0.1) is 17.1 Å². The zero-order valence-corrected chi connectivity index (χ0v) is 13.3. The fourth-order valence-electron chi connectivity index (χ4n) is 1.79. The number of carbonyl (C=O) groups excluding carboxylic acids is 1. The molecule has 20 heavy (non-hydrogen) atoms. The van der Waals surface area contributed by atoms with Crippen LogP contribution >= 0.6 is 31.9 Å². The molecule has 0 heterocycles. The van der Waals surface area contributed by atoms with E-state index in [0.29, 0.717) is 10.0 Å². The Bertz CT molecular complexity index is 709. The lowest BCUT2D eigenvalue weighted by Gasteiger charge is -2.11. The number of halogens is 3. The smallest absolute Gasteiger partial charge is 0.184 e. The van der Waals surface area contributed by atoms with Gasteiger partial charge in [0.25, 0.3) is 0 Å². The third-order valence-electron chi connectivity index (χ3n) is 2.81. The zero-order chi connectivity index (χ0) is 14.7. The van der Waals surface area contributed by atoms with E-state index >= 15 is 0 Å². The maximum absolute atomic E-state index is 13.5. The summed E-state index contributed by atoms with van der Waals surface area (Å²) in [5.41, 5.74) is 0.747. The largest absolute Gasteiger partial charge is 0.292 e. The molecule has 100 valence electrons. The first-order valence-corrected chi connectivity index (χ1v) is 7.26. The van der Waals surface area contributed by atoms with Crippen molar-refractivity contribution in [2.75, 3.05) is 0 Å². The number of ketones is 1. The maximum Gasteiger partial charge on any atom is 0.184 e. The molecule has 1 unspecified atom stereocenters. The van der Waals surface area contributed by atoms with Crippen molar-refractivity contribution in [3.63, 3.8) is 0 Å². The molecule has 0 bridgehead atoms. The highest BCUT2D eigenvalue weighted by molar-refractivity contribution is 9.10. The van der Waals surface area contributed by atoms with Crippen LogP contribution in [0.4, 0.5) is 4.39 Å². The zero-order valence-electron chi connectivity index (χ0n) is 10.1. The third kappa shape index (κ3) is 2.97. The van der Waals surface area contributed by atoms with Gasteiger partial charge in [0.05, 0.1) is 10.5 Å². The quantitative estimate of drug-likeness (QED) is 0.696. The topological polar surface area (TPSA) is 40.9 Å². The number of hydrogen-bond acceptors (Lipinski definition) is 2. The molecule has 2 aromatic carbocycles. The van der Waals surface area contributed by atoms with Gasteiger partial charge in [0, 0.05) is 10.0 Å². The monoisotopic (exact) mass is 395 g/mol. The van der Waals surface area contributed by atoms with Crippen LogP contribution in [0.3, 0.4) is 0 Å². The van der Waals surface area contributed by atoms with Crippen LogP contribution in [0.5, 0.6) is 0 Å². The molecule has 2 nitrogen and oxygen atoms in total. The van der Waals surface area contributed by atoms with Crippen LogP contribution in [0.2, 0.25) is 0 Å². The van der Waals surface area contributed by atoms with Crippen molar-refractivity contribution < 1.29 is 9.18 Å². The second-order valence-corrected chi connectivity index (χ2v) is 5.79. The van der Waals surface area contributed by atoms with E-state index in [-0.39, 0.29) is 10.0 Å². The molecule has 1 atom stereocenters. The van der Waals surface area contributed by atoms with E-state index in [1.54, 1.807) is 24.3 Å². The summed E-state index contributed by atoms with van der Waals surface area (Å²) in [6, 6.07) is 13.1. The van der Waals surface area contributed by atoms with Crippen LogP contribution < -0.4 is 0 Å². The van der Waals surface area contributed by atoms with Gasteiger partial charge in [-0.2, -0.15) is 5.26 Å². The normalized spacial score (nSPS) is 11.7. The van der Waals surface area contributed by atoms with E-state index < -0.39 is 17.5 Å². The highest BCUT2D eigenvalue weighted by Crippen LogP contribution is 2.28. The lowest BCUT2D eigenvalue weighted by atomic mass is 9.92. The summed E-state index contributed by atoms with van der Waals surface area (Å²) in [6.45, 7) is 0. The molecule has 2 aromatic rings. The van der Waals surface area contributed by atoms with Gasteiger partial charge in [0.2, 0.25) is 0 Å². The first kappa shape index (κ1) is 14.9. The Morgan fingerprint density at radius 2 is 1.85 bits per heavy atom. The lowest BCUT2D eigenvalue weighted by Crippen LogP contribution is -2.12. The summed E-state index contributed by atoms with van der Waals surface area (Å²) in [5, 5.41) is 9.26. The minimum absolute atomic E-state index is 0.174. The number of Topliss-reactive ketones (excluding diaryl/α,β-unsaturated/α-hetero) is 1. The molecular weight excluding hydrogens is 389 g/mol. The molecule has 0 amide bonds. The molecule has 0 N–H and O–H groups in total. The van der Waals surface area contributed by atoms with E-state index in [4.69, 9.17) is 0 Å². The molecule has 0 aliphatic rings. The molecule has 0 aliphatic carbocycles. The van der Waals surface area contributed by atoms with E-state index in [9.17, 15) is 14.4 Å². The van der Waals surface area contributed by atoms with Crippen LogP contribution in [0.1, 0.15) is 21.8 Å². The van der Waals surface area contributed by atoms with E-state index in [1.165, 1.54) is 12.1 Å². The van der Waals surface area contributed by atoms with Crippen molar-refractivity contribution in [2.45, 2.75) is 5.92 Å². The second kappa shape index (κ2) is 6.29. The number of nitriles is 1. The summed E-state index contributed by atoms with van der Waals surface area (Å²) >= 11 is 6.35. The number of carbonyl (C=O) groups is 1. The first-order valence-electron chi connectivity index (χ1n) is 5.68. The minimum atomic E-state index is -0.967. The fraction of sp³-hybridized carbons (Fsp3) is 0.0667. The summed E-state index contributed by atoms with van der Waals surface area (Å²) in [6.07, 6.45) is 0. The summed E-state index contributed by atoms with van der Waals surface area (Å²) < 4.78 is 14.5. The Kier molecular flexibility index (Phi) is 4.69. The Morgan fingerprint density at radius 3 is 2.45 bits per heavy atom. The average molecular weight is 397 g/mol. The van der Waals surface area contributed by atoms with Gasteiger partial charge in [-0.15, -0.1) is 0 Å². The molecule has 0 saturated heterocycles. The Labute approximate surface area is 132 Å². The summed E-state index contributed by atoms with van der Waals surface area (Å²) in [5.74, 6) is -1.92. The van der Waals surface area contributed by atoms with Crippen molar-refractivity contribution in [3.05, 3.63) is 68.4 Å². The predicted molar refractivity (Wildman–Crippen MR) is 80.9 cm³/mol. The minimum Gasteiger partial charge on any atom is -0.292 e. The number of hydrogen-bond donors (Lipinski definition) is 0. The SMILES string of the molecule is N#CC(C(=O)c1ccc(Br)c(F)c1)c1ccccc1Br. The molecule has 5 heteroatoms. The van der Waals surface area contributed by atoms with Crippen molar-refractivity contribution in [1.29, 1.82) is 5.26 Å². The highest BCUT2D eigenvalue weighted by Gasteiger charge is 2.24. The van der Waals surface area contributed by atoms with Crippen molar-refractivity contribution in [3.8, 4) is 6.07 Å². The van der Waals surface area contributed by atoms with Crippen molar-refractivity contribution in [2.24, 2.45) is 0 Å². The van der Waals surface area contributed by atoms with Gasteiger partial charge in [-0.05, 0) is 39.7 Å². The molecule has 0 fully saturated rings. The van der Waals surface area contributed by atoms with Gasteiger partial charge in [0.15, 0.2) is 5.78 Å². The van der Waals surface area contributed by atoms with Crippen molar-refractivity contribution >= 4 is 37.6 Å². The van der Waals surface area contributed by atoms with Crippen LogP contribution in [0.25, 0.3) is 0 Å². The van der Waals surface area contributed by atoms with Gasteiger partial charge in [-0.1, -0.05) is 40.2 Å². The standard InChI is InChI=1S/C15H8Br2FNO/c16-12-4-2-1-3-10(12)11(8-19)15(20)9-5-6-13(17)14(18)7-9/h1-7,11H. The predicted octanol–water partition coefficient (Wildman–Crippen LogP) is 4.84. The van der Waals surface area contributed by atoms with Crippen LogP contribution in [-0.4, -0.2) is 5.78 Å². The van der Waals surface area contributed by atoms with E-state index in [0.717, 1.165) is 6.07 Å². The third-order valence-corrected chi connectivity index (χ3v) is 4.18. The molecule has 0 aromatic heterocycles. The van der Waals surface area contributed by atoms with Gasteiger partial charge in [-0.3, -0.25) is 4.79 Å². The molecular formula is C15H8Br2FNO. The van der Waals surface area contributed by atoms with E-state index in [2.05, 4.69) is 31.9 Å². The molecule has 0 radical (unpaired) electrons. The van der Waals surface area contributed by atoms with Gasteiger partial charge in [0.1, 0.15) is 11.7 Å². The first-order chi connectivity index (χ1) is 9.54. The van der Waals surface area contributed by atoms with Crippen molar-refractivity contribution in [1.82, 2.24) is 0 Å². The summed E-state index contributed by atoms with van der Waals surface area (Å²) in [7, 11) is 0. The molecule has 2 rings (SSSR count). The lowest BCUT2D eigenvalue weighted by molar-refractivity contribution is 0.0978. The Morgan fingerprint density at radius 1 is 1.15 bits per heavy atom. The number of rotatable bonds is 3. The van der Waals surface area contributed by atoms with Gasteiger partial charge < -0.3 is 0 Å². The fourth-order valence-corrected chi connectivity index (χ4v) is 2.56. The molecule has 0 saturated carbocycles. The average Bonchev–Trinajstić information content (AvgIpc) is 2.44. The molecule has 0 spiro atoms. The summed E-state index contributed by atoms with van der Waals surface area (Å²) in [4.78, 5) is 12.4. The molecule has 0 aliphatic heterocycles.